The maximum absolute atomic E-state index is 10.00. The lowest BCUT2D eigenvalue weighted by Gasteiger charge is -2.13. The monoisotopic (exact) mass is 282 g/mol. The smallest absolute Gasteiger partial charge is 0.138 e. The minimum atomic E-state index is -0.618. The molecule has 0 saturated carbocycles. The third-order valence-electron chi connectivity index (χ3n) is 3.58. The molecule has 108 valence electrons. The Kier molecular flexibility index (Phi) is 3.62. The van der Waals surface area contributed by atoms with Gasteiger partial charge in [-0.3, -0.25) is 0 Å². The zero-order chi connectivity index (χ0) is 14.8. The third kappa shape index (κ3) is 2.50. The first kappa shape index (κ1) is 13.6. The van der Waals surface area contributed by atoms with Crippen molar-refractivity contribution in [2.75, 3.05) is 7.11 Å². The van der Waals surface area contributed by atoms with Crippen molar-refractivity contribution in [1.29, 1.82) is 0 Å². The summed E-state index contributed by atoms with van der Waals surface area (Å²) in [6, 6.07) is 15.8. The molecule has 3 aromatic rings. The molecule has 1 atom stereocenters. The highest BCUT2D eigenvalue weighted by molar-refractivity contribution is 5.76. The van der Waals surface area contributed by atoms with E-state index in [1.807, 2.05) is 53.1 Å². The Morgan fingerprint density at radius 2 is 1.86 bits per heavy atom. The fourth-order valence-electron chi connectivity index (χ4n) is 2.58. The zero-order valence-corrected chi connectivity index (χ0v) is 12.2. The number of hydrogen-bond donors (Lipinski definition) is 1. The van der Waals surface area contributed by atoms with E-state index in [0.717, 1.165) is 22.3 Å². The van der Waals surface area contributed by atoms with E-state index in [-0.39, 0.29) is 0 Å². The van der Waals surface area contributed by atoms with Crippen LogP contribution in [0.2, 0.25) is 0 Å². The number of nitrogens with zero attached hydrogens (tertiary/aromatic N) is 2. The Morgan fingerprint density at radius 3 is 2.62 bits per heavy atom. The number of ether oxygens (including phenoxy) is 1. The molecule has 0 aliphatic heterocycles. The molecule has 0 aliphatic carbocycles. The molecule has 0 aliphatic rings. The number of aliphatic hydroxyl groups excluding tert-OH is 1. The summed E-state index contributed by atoms with van der Waals surface area (Å²) in [6.07, 6.45) is -0.618. The van der Waals surface area contributed by atoms with E-state index in [0.29, 0.717) is 12.4 Å². The van der Waals surface area contributed by atoms with Crippen LogP contribution in [-0.2, 0) is 6.54 Å². The van der Waals surface area contributed by atoms with Gasteiger partial charge < -0.3 is 14.4 Å². The first-order chi connectivity index (χ1) is 10.2. The number of benzene rings is 2. The predicted molar refractivity (Wildman–Crippen MR) is 82.5 cm³/mol. The number of para-hydroxylation sites is 3. The van der Waals surface area contributed by atoms with E-state index >= 15 is 0 Å². The fourth-order valence-corrected chi connectivity index (χ4v) is 2.58. The summed E-state index contributed by atoms with van der Waals surface area (Å²) < 4.78 is 7.45. The van der Waals surface area contributed by atoms with Crippen molar-refractivity contribution in [2.45, 2.75) is 19.6 Å². The second-order valence-corrected chi connectivity index (χ2v) is 5.03. The predicted octanol–water partition coefficient (Wildman–Crippen LogP) is 3.15. The number of methoxy groups -OCH3 is 1. The third-order valence-corrected chi connectivity index (χ3v) is 3.58. The molecule has 0 radical (unpaired) electrons. The second-order valence-electron chi connectivity index (χ2n) is 5.03. The Morgan fingerprint density at radius 1 is 1.14 bits per heavy atom. The molecular formula is C17H18N2O2. The highest BCUT2D eigenvalue weighted by atomic mass is 16.5. The van der Waals surface area contributed by atoms with Crippen molar-refractivity contribution in [3.63, 3.8) is 0 Å². The molecule has 0 spiro atoms. The van der Waals surface area contributed by atoms with Crippen LogP contribution < -0.4 is 4.74 Å². The lowest BCUT2D eigenvalue weighted by Crippen LogP contribution is -2.08. The number of fused-ring (bicyclic) bond motifs is 1. The Balaban J connectivity index is 2.13. The van der Waals surface area contributed by atoms with E-state index in [1.54, 1.807) is 14.0 Å². The second kappa shape index (κ2) is 5.58. The maximum atomic E-state index is 10.00. The molecule has 4 nitrogen and oxygen atoms in total. The van der Waals surface area contributed by atoms with Crippen LogP contribution in [0.3, 0.4) is 0 Å². The van der Waals surface area contributed by atoms with Crippen LogP contribution in [0.5, 0.6) is 5.75 Å². The van der Waals surface area contributed by atoms with Crippen LogP contribution in [0.25, 0.3) is 11.0 Å². The van der Waals surface area contributed by atoms with Crippen molar-refractivity contribution in [3.8, 4) is 5.75 Å². The summed E-state index contributed by atoms with van der Waals surface area (Å²) in [5, 5.41) is 10.00. The van der Waals surface area contributed by atoms with Gasteiger partial charge in [0.15, 0.2) is 0 Å². The summed E-state index contributed by atoms with van der Waals surface area (Å²) in [6.45, 7) is 2.35. The van der Waals surface area contributed by atoms with Gasteiger partial charge in [0.05, 0.1) is 24.7 Å². The first-order valence-electron chi connectivity index (χ1n) is 6.96. The van der Waals surface area contributed by atoms with Gasteiger partial charge in [-0.05, 0) is 25.1 Å². The summed E-state index contributed by atoms with van der Waals surface area (Å²) in [5.74, 6) is 1.51. The van der Waals surface area contributed by atoms with E-state index in [4.69, 9.17) is 4.74 Å². The van der Waals surface area contributed by atoms with E-state index < -0.39 is 6.10 Å². The van der Waals surface area contributed by atoms with Gasteiger partial charge in [-0.25, -0.2) is 4.98 Å². The van der Waals surface area contributed by atoms with Crippen molar-refractivity contribution < 1.29 is 9.84 Å². The Labute approximate surface area is 123 Å². The van der Waals surface area contributed by atoms with Crippen LogP contribution in [0.4, 0.5) is 0 Å². The highest BCUT2D eigenvalue weighted by Gasteiger charge is 2.15. The molecule has 3 rings (SSSR count). The van der Waals surface area contributed by atoms with Gasteiger partial charge in [0.25, 0.3) is 0 Å². The van der Waals surface area contributed by atoms with Crippen LogP contribution in [-0.4, -0.2) is 21.8 Å². The fraction of sp³-hybridized carbons (Fsp3) is 0.235. The van der Waals surface area contributed by atoms with Crippen molar-refractivity contribution >= 4 is 11.0 Å². The molecule has 1 heterocycles. The summed E-state index contributed by atoms with van der Waals surface area (Å²) in [7, 11) is 1.67. The van der Waals surface area contributed by atoms with Crippen LogP contribution >= 0.6 is 0 Å². The van der Waals surface area contributed by atoms with Crippen molar-refractivity contribution in [2.24, 2.45) is 0 Å². The topological polar surface area (TPSA) is 47.3 Å². The normalized spacial score (nSPS) is 12.5. The highest BCUT2D eigenvalue weighted by Crippen LogP contribution is 2.25. The van der Waals surface area contributed by atoms with Crippen LogP contribution in [0.15, 0.2) is 48.5 Å². The Hall–Kier alpha value is -2.33. The molecule has 0 saturated heterocycles. The molecule has 1 N–H and O–H groups in total. The van der Waals surface area contributed by atoms with Gasteiger partial charge in [0.2, 0.25) is 0 Å². The quantitative estimate of drug-likeness (QED) is 0.799. The van der Waals surface area contributed by atoms with Crippen molar-refractivity contribution in [1.82, 2.24) is 9.55 Å². The SMILES string of the molecule is COc1ccccc1Cn1c([C@H](C)O)nc2ccccc21. The van der Waals surface area contributed by atoms with Gasteiger partial charge in [-0.2, -0.15) is 0 Å². The molecule has 21 heavy (non-hydrogen) atoms. The number of aromatic nitrogens is 2. The number of hydrogen-bond acceptors (Lipinski definition) is 3. The average molecular weight is 282 g/mol. The lowest BCUT2D eigenvalue weighted by atomic mass is 10.2. The number of rotatable bonds is 4. The molecule has 0 unspecified atom stereocenters. The molecule has 2 aromatic carbocycles. The van der Waals surface area contributed by atoms with Crippen LogP contribution in [0, 0.1) is 0 Å². The van der Waals surface area contributed by atoms with Gasteiger partial charge >= 0.3 is 0 Å². The molecule has 4 heteroatoms. The van der Waals surface area contributed by atoms with E-state index in [1.165, 1.54) is 0 Å². The molecular weight excluding hydrogens is 264 g/mol. The average Bonchev–Trinajstić information content (AvgIpc) is 2.87. The van der Waals surface area contributed by atoms with Gasteiger partial charge in [-0.1, -0.05) is 30.3 Å². The summed E-state index contributed by atoms with van der Waals surface area (Å²) in [4.78, 5) is 4.54. The zero-order valence-electron chi connectivity index (χ0n) is 12.2. The minimum Gasteiger partial charge on any atom is -0.496 e. The molecule has 0 amide bonds. The number of aliphatic hydroxyl groups is 1. The van der Waals surface area contributed by atoms with E-state index in [9.17, 15) is 5.11 Å². The standard InChI is InChI=1S/C17H18N2O2/c1-12(20)17-18-14-8-4-5-9-15(14)19(17)11-13-7-3-6-10-16(13)21-2/h3-10,12,20H,11H2,1-2H3/t12-/m0/s1. The maximum Gasteiger partial charge on any atom is 0.138 e. The lowest BCUT2D eigenvalue weighted by molar-refractivity contribution is 0.185. The molecule has 0 bridgehead atoms. The minimum absolute atomic E-state index is 0.616. The summed E-state index contributed by atoms with van der Waals surface area (Å²) in [5.41, 5.74) is 2.97. The van der Waals surface area contributed by atoms with Crippen molar-refractivity contribution in [3.05, 3.63) is 59.9 Å². The molecule has 0 fully saturated rings. The Bertz CT molecular complexity index is 762. The molecule has 1 aromatic heterocycles. The van der Waals surface area contributed by atoms with E-state index in [2.05, 4.69) is 4.98 Å². The van der Waals surface area contributed by atoms with Gasteiger partial charge in [-0.15, -0.1) is 0 Å². The summed E-state index contributed by atoms with van der Waals surface area (Å²) >= 11 is 0. The first-order valence-corrected chi connectivity index (χ1v) is 6.96. The number of imidazole rings is 1. The van der Waals surface area contributed by atoms with Crippen LogP contribution in [0.1, 0.15) is 24.4 Å². The van der Waals surface area contributed by atoms with Gasteiger partial charge in [0.1, 0.15) is 17.7 Å². The van der Waals surface area contributed by atoms with Gasteiger partial charge in [0, 0.05) is 5.56 Å². The largest absolute Gasteiger partial charge is 0.496 e.